The van der Waals surface area contributed by atoms with E-state index in [0.717, 1.165) is 12.0 Å². The van der Waals surface area contributed by atoms with E-state index < -0.39 is 22.9 Å². The molecule has 0 fully saturated rings. The Labute approximate surface area is 222 Å². The Balaban J connectivity index is 1.93. The number of carbonyl (C=O) groups excluding carboxylic acids is 1. The fraction of sp³-hybridized carbons (Fsp3) is 0.500. The van der Waals surface area contributed by atoms with E-state index >= 15 is 0 Å². The second kappa shape index (κ2) is 12.8. The molecule has 8 nitrogen and oxygen atoms in total. The van der Waals surface area contributed by atoms with E-state index in [2.05, 4.69) is 30.7 Å². The van der Waals surface area contributed by atoms with E-state index in [4.69, 9.17) is 4.74 Å². The molecule has 3 atom stereocenters. The standard InChI is InChI=1S/C28H39N3O5S/c1-20(2)8-6-9-23-11-12-27-25(14-23)36-26(21(3)17-31(22(4)19-32)37(27,34)35)18-30(5)28(33)15-24-10-7-13-29-16-24/h7,10-14,16,20-22,26,32,34-35H,8,15,17-19H2,1-5H3/t21-,22?,26+/m0/s1. The molecule has 0 aliphatic carbocycles. The van der Waals surface area contributed by atoms with Crippen LogP contribution < -0.4 is 4.74 Å². The van der Waals surface area contributed by atoms with Crippen LogP contribution >= 0.6 is 10.8 Å². The van der Waals surface area contributed by atoms with Gasteiger partial charge in [-0.3, -0.25) is 18.9 Å². The molecule has 3 N–H and O–H groups in total. The SMILES string of the molecule is CC(C)CC#Cc1ccc2c(c1)O[C@H](CN(C)C(=O)Cc1cccnc1)[C@@H](C)CN(C(C)CO)S2(O)O. The number of rotatable bonds is 7. The summed E-state index contributed by atoms with van der Waals surface area (Å²) < 4.78 is 30.6. The quantitative estimate of drug-likeness (QED) is 0.460. The molecule has 37 heavy (non-hydrogen) atoms. The molecular weight excluding hydrogens is 490 g/mol. The van der Waals surface area contributed by atoms with Crippen molar-refractivity contribution >= 4 is 16.7 Å². The molecule has 0 radical (unpaired) electrons. The lowest BCUT2D eigenvalue weighted by atomic mass is 10.0. The number of nitrogens with zero attached hydrogens (tertiary/aromatic N) is 3. The van der Waals surface area contributed by atoms with E-state index in [1.165, 1.54) is 0 Å². The fourth-order valence-electron chi connectivity index (χ4n) is 4.10. The van der Waals surface area contributed by atoms with Crippen LogP contribution in [0.2, 0.25) is 0 Å². The van der Waals surface area contributed by atoms with E-state index in [1.54, 1.807) is 59.8 Å². The molecule has 0 spiro atoms. The molecule has 2 aromatic rings. The third-order valence-corrected chi connectivity index (χ3v) is 8.49. The number of carbonyl (C=O) groups is 1. The maximum absolute atomic E-state index is 12.9. The number of fused-ring (bicyclic) bond motifs is 1. The van der Waals surface area contributed by atoms with Crippen molar-refractivity contribution in [1.82, 2.24) is 14.2 Å². The number of hydrogen-bond acceptors (Lipinski definition) is 7. The van der Waals surface area contributed by atoms with Gasteiger partial charge in [0.1, 0.15) is 16.7 Å². The van der Waals surface area contributed by atoms with Gasteiger partial charge in [0.25, 0.3) is 0 Å². The molecule has 2 heterocycles. The molecule has 1 amide bonds. The highest BCUT2D eigenvalue weighted by Crippen LogP contribution is 2.57. The molecule has 0 saturated heterocycles. The number of hydrogen-bond donors (Lipinski definition) is 3. The average molecular weight is 530 g/mol. The molecule has 1 aromatic carbocycles. The number of ether oxygens (including phenoxy) is 1. The summed E-state index contributed by atoms with van der Waals surface area (Å²) in [5.74, 6) is 6.82. The molecule has 202 valence electrons. The summed E-state index contributed by atoms with van der Waals surface area (Å²) in [6, 6.07) is 8.32. The van der Waals surface area contributed by atoms with Gasteiger partial charge in [0.15, 0.2) is 0 Å². The molecule has 1 aromatic heterocycles. The van der Waals surface area contributed by atoms with Crippen molar-refractivity contribution < 1.29 is 23.7 Å². The van der Waals surface area contributed by atoms with E-state index in [1.807, 2.05) is 13.0 Å². The zero-order valence-electron chi connectivity index (χ0n) is 22.3. The summed E-state index contributed by atoms with van der Waals surface area (Å²) in [5.41, 5.74) is 1.54. The normalized spacial score (nSPS) is 20.9. The van der Waals surface area contributed by atoms with Crippen molar-refractivity contribution in [2.75, 3.05) is 26.7 Å². The maximum Gasteiger partial charge on any atom is 0.226 e. The first-order valence-electron chi connectivity index (χ1n) is 12.6. The zero-order valence-corrected chi connectivity index (χ0v) is 23.1. The van der Waals surface area contributed by atoms with Crippen molar-refractivity contribution in [3.63, 3.8) is 0 Å². The summed E-state index contributed by atoms with van der Waals surface area (Å²) >= 11 is 0. The molecule has 1 unspecified atom stereocenters. The van der Waals surface area contributed by atoms with Gasteiger partial charge in [0.05, 0.1) is 19.6 Å². The van der Waals surface area contributed by atoms with Crippen LogP contribution in [0.3, 0.4) is 0 Å². The summed E-state index contributed by atoms with van der Waals surface area (Å²) in [5, 5.41) is 9.87. The number of aliphatic hydroxyl groups is 1. The van der Waals surface area contributed by atoms with Crippen molar-refractivity contribution in [2.45, 2.75) is 57.6 Å². The van der Waals surface area contributed by atoms with Crippen molar-refractivity contribution in [2.24, 2.45) is 11.8 Å². The Hall–Kier alpha value is -2.61. The summed E-state index contributed by atoms with van der Waals surface area (Å²) in [6.07, 6.45) is 3.90. The van der Waals surface area contributed by atoms with Crippen molar-refractivity contribution in [1.29, 1.82) is 0 Å². The van der Waals surface area contributed by atoms with Gasteiger partial charge < -0.3 is 14.7 Å². The lowest BCUT2D eigenvalue weighted by Crippen LogP contribution is -2.48. The molecule has 3 rings (SSSR count). The summed E-state index contributed by atoms with van der Waals surface area (Å²) in [7, 11) is -1.69. The number of aliphatic hydroxyl groups excluding tert-OH is 1. The van der Waals surface area contributed by atoms with Crippen LogP contribution in [0.25, 0.3) is 0 Å². The Morgan fingerprint density at radius 2 is 2.05 bits per heavy atom. The maximum atomic E-state index is 12.9. The van der Waals surface area contributed by atoms with E-state index in [-0.39, 0.29) is 36.3 Å². The van der Waals surface area contributed by atoms with Crippen LogP contribution in [-0.4, -0.2) is 73.2 Å². The van der Waals surface area contributed by atoms with Gasteiger partial charge in [-0.2, -0.15) is 4.31 Å². The van der Waals surface area contributed by atoms with E-state index in [9.17, 15) is 19.0 Å². The summed E-state index contributed by atoms with van der Waals surface area (Å²) in [6.45, 7) is 8.26. The lowest BCUT2D eigenvalue weighted by Gasteiger charge is -2.49. The van der Waals surface area contributed by atoms with Crippen LogP contribution in [-0.2, 0) is 11.2 Å². The number of benzene rings is 1. The molecule has 1 aliphatic heterocycles. The fourth-order valence-corrected chi connectivity index (χ4v) is 5.99. The number of aromatic nitrogens is 1. The first-order chi connectivity index (χ1) is 17.5. The topological polar surface area (TPSA) is 106 Å². The first-order valence-corrected chi connectivity index (χ1v) is 14.1. The van der Waals surface area contributed by atoms with Crippen LogP contribution in [0.15, 0.2) is 47.6 Å². The van der Waals surface area contributed by atoms with Gasteiger partial charge >= 0.3 is 0 Å². The third-order valence-electron chi connectivity index (χ3n) is 6.40. The molecule has 1 aliphatic rings. The first kappa shape index (κ1) is 29.0. The highest BCUT2D eigenvalue weighted by molar-refractivity contribution is 8.22. The number of amides is 1. The zero-order chi connectivity index (χ0) is 27.2. The minimum absolute atomic E-state index is 0.0655. The van der Waals surface area contributed by atoms with Crippen LogP contribution in [0.4, 0.5) is 0 Å². The largest absolute Gasteiger partial charge is 0.486 e. The second-order valence-corrected chi connectivity index (χ2v) is 12.1. The minimum atomic E-state index is -3.43. The van der Waals surface area contributed by atoms with Crippen molar-refractivity contribution in [3.05, 3.63) is 53.9 Å². The Morgan fingerprint density at radius 1 is 1.30 bits per heavy atom. The Morgan fingerprint density at radius 3 is 2.70 bits per heavy atom. The predicted octanol–water partition coefficient (Wildman–Crippen LogP) is 4.28. The monoisotopic (exact) mass is 529 g/mol. The van der Waals surface area contributed by atoms with Crippen LogP contribution in [0.5, 0.6) is 5.75 Å². The number of pyridine rings is 1. The van der Waals surface area contributed by atoms with Crippen LogP contribution in [0, 0.1) is 23.7 Å². The summed E-state index contributed by atoms with van der Waals surface area (Å²) in [4.78, 5) is 18.9. The van der Waals surface area contributed by atoms with Crippen molar-refractivity contribution in [3.8, 4) is 17.6 Å². The molecule has 9 heteroatoms. The Bertz CT molecular complexity index is 1120. The molecular formula is C28H39N3O5S. The highest BCUT2D eigenvalue weighted by atomic mass is 32.3. The minimum Gasteiger partial charge on any atom is -0.486 e. The number of likely N-dealkylation sites (N-methyl/N-ethyl adjacent to an activating group) is 1. The molecule has 0 bridgehead atoms. The lowest BCUT2D eigenvalue weighted by molar-refractivity contribution is -0.130. The Kier molecular flexibility index (Phi) is 9.99. The van der Waals surface area contributed by atoms with Gasteiger partial charge in [0.2, 0.25) is 5.91 Å². The third kappa shape index (κ3) is 7.46. The van der Waals surface area contributed by atoms with Gasteiger partial charge in [-0.15, -0.1) is 10.8 Å². The smallest absolute Gasteiger partial charge is 0.226 e. The van der Waals surface area contributed by atoms with Crippen LogP contribution in [0.1, 0.15) is 45.2 Å². The van der Waals surface area contributed by atoms with Gasteiger partial charge in [-0.1, -0.05) is 38.7 Å². The van der Waals surface area contributed by atoms with Gasteiger partial charge in [0, 0.05) is 49.9 Å². The van der Waals surface area contributed by atoms with E-state index in [0.29, 0.717) is 23.8 Å². The van der Waals surface area contributed by atoms with Gasteiger partial charge in [-0.05, 0) is 42.7 Å². The van der Waals surface area contributed by atoms with Gasteiger partial charge in [-0.25, -0.2) is 0 Å². The molecule has 0 saturated carbocycles. The predicted molar refractivity (Wildman–Crippen MR) is 146 cm³/mol. The average Bonchev–Trinajstić information content (AvgIpc) is 2.86. The highest BCUT2D eigenvalue weighted by Gasteiger charge is 2.38. The second-order valence-electron chi connectivity index (χ2n) is 10.2.